The number of phenolic OH excluding ortho intramolecular Hbond substituents is 1. The van der Waals surface area contributed by atoms with Crippen molar-refractivity contribution in [2.75, 3.05) is 70.7 Å². The van der Waals surface area contributed by atoms with Crippen LogP contribution in [0.5, 0.6) is 17.4 Å². The van der Waals surface area contributed by atoms with Gasteiger partial charge in [-0.15, -0.1) is 6.42 Å². The molecule has 5 heterocycles. The second-order valence-electron chi connectivity index (χ2n) is 13.5. The summed E-state index contributed by atoms with van der Waals surface area (Å²) in [4.78, 5) is 25.9. The lowest BCUT2D eigenvalue weighted by molar-refractivity contribution is -0.117. The van der Waals surface area contributed by atoms with Gasteiger partial charge in [-0.1, -0.05) is 18.6 Å². The van der Waals surface area contributed by atoms with Gasteiger partial charge in [0.2, 0.25) is 11.7 Å². The number of rotatable bonds is 7. The molecule has 2 aromatic carbocycles. The Balaban J connectivity index is 1.27. The first kappa shape index (κ1) is 33.1. The van der Waals surface area contributed by atoms with Crippen LogP contribution in [0.4, 0.5) is 14.5 Å². The highest BCUT2D eigenvalue weighted by Crippen LogP contribution is 2.54. The molecule has 1 aliphatic carbocycles. The SMILES string of the molecule is C#Cc1c(F)ccc2cc(O)cc(-c3ncc4c(N5CCOCC(NC(=O)C=C)C5)c5c(nc4c3F)OC(C3(CN4CCOCC4)CC3)CO5)c12. The number of hydrogen-bond acceptors (Lipinski definition) is 10. The number of pyridine rings is 2. The fourth-order valence-electron chi connectivity index (χ4n) is 7.54. The Labute approximate surface area is 293 Å². The number of ether oxygens (including phenoxy) is 4. The number of nitrogens with zero attached hydrogens (tertiary/aromatic N) is 4. The molecule has 264 valence electrons. The van der Waals surface area contributed by atoms with Crippen molar-refractivity contribution in [1.29, 1.82) is 0 Å². The summed E-state index contributed by atoms with van der Waals surface area (Å²) in [7, 11) is 0. The number of hydrogen-bond donors (Lipinski definition) is 2. The zero-order valence-corrected chi connectivity index (χ0v) is 27.9. The minimum absolute atomic E-state index is 0.0528. The van der Waals surface area contributed by atoms with Gasteiger partial charge in [-0.05, 0) is 42.5 Å². The molecule has 2 atom stereocenters. The molecule has 0 radical (unpaired) electrons. The van der Waals surface area contributed by atoms with Crippen molar-refractivity contribution in [2.24, 2.45) is 5.41 Å². The van der Waals surface area contributed by atoms with E-state index in [2.05, 4.69) is 27.7 Å². The standard InChI is InChI=1S/C38H37F2N5O6/c1-3-25-28(39)6-5-22-15-24(46)16-26(31(22)25)33-32(40)34-27(17-41-33)35(45-11-14-49-19-23(18-45)42-30(47)4-2)36-37(43-34)51-29(20-50-36)38(7-8-38)21-44-9-12-48-13-10-44/h1,4-6,15-17,23,29,46H,2,7-14,18-21H2,(H,42,47). The smallest absolute Gasteiger partial charge is 0.260 e. The summed E-state index contributed by atoms with van der Waals surface area (Å²) in [5.74, 6) is 0.897. The van der Waals surface area contributed by atoms with Gasteiger partial charge in [-0.3, -0.25) is 14.7 Å². The number of anilines is 1. The van der Waals surface area contributed by atoms with E-state index in [1.807, 2.05) is 4.90 Å². The van der Waals surface area contributed by atoms with Crippen LogP contribution in [0, 0.1) is 29.4 Å². The largest absolute Gasteiger partial charge is 0.508 e. The van der Waals surface area contributed by atoms with Crippen LogP contribution < -0.4 is 19.7 Å². The van der Waals surface area contributed by atoms with E-state index in [0.717, 1.165) is 32.5 Å². The minimum Gasteiger partial charge on any atom is -0.508 e. The summed E-state index contributed by atoms with van der Waals surface area (Å²) < 4.78 is 56.7. The molecule has 2 unspecified atom stereocenters. The van der Waals surface area contributed by atoms with Crippen molar-refractivity contribution in [1.82, 2.24) is 20.2 Å². The third-order valence-corrected chi connectivity index (χ3v) is 10.3. The Morgan fingerprint density at radius 2 is 1.96 bits per heavy atom. The minimum atomic E-state index is -0.807. The number of carbonyl (C=O) groups is 1. The zero-order valence-electron chi connectivity index (χ0n) is 27.9. The second kappa shape index (κ2) is 13.3. The van der Waals surface area contributed by atoms with Crippen molar-refractivity contribution in [3.63, 3.8) is 0 Å². The number of carbonyl (C=O) groups excluding carboxylic acids is 1. The van der Waals surface area contributed by atoms with Crippen molar-refractivity contribution in [2.45, 2.75) is 25.0 Å². The Bertz CT molecular complexity index is 2090. The van der Waals surface area contributed by atoms with Gasteiger partial charge in [-0.25, -0.2) is 13.8 Å². The van der Waals surface area contributed by atoms with E-state index in [-0.39, 0.29) is 70.0 Å². The number of terminal acetylenes is 1. The number of amides is 1. The maximum Gasteiger partial charge on any atom is 0.260 e. The number of morpholine rings is 1. The highest BCUT2D eigenvalue weighted by atomic mass is 19.1. The van der Waals surface area contributed by atoms with Gasteiger partial charge in [0.05, 0.1) is 43.7 Å². The zero-order chi connectivity index (χ0) is 35.3. The molecule has 3 fully saturated rings. The van der Waals surface area contributed by atoms with Crippen LogP contribution in [0.25, 0.3) is 32.9 Å². The van der Waals surface area contributed by atoms with Crippen LogP contribution in [0.2, 0.25) is 0 Å². The van der Waals surface area contributed by atoms with Gasteiger partial charge in [0.15, 0.2) is 5.82 Å². The third kappa shape index (κ3) is 6.07. The first-order valence-electron chi connectivity index (χ1n) is 17.1. The molecular formula is C38H37F2N5O6. The molecule has 2 aromatic heterocycles. The monoisotopic (exact) mass is 697 g/mol. The Morgan fingerprint density at radius 1 is 1.16 bits per heavy atom. The summed E-state index contributed by atoms with van der Waals surface area (Å²) in [5.41, 5.74) is 0.186. The number of aromatic hydroxyl groups is 1. The van der Waals surface area contributed by atoms with Crippen LogP contribution in [0.15, 0.2) is 43.1 Å². The average Bonchev–Trinajstić information content (AvgIpc) is 3.95. The average molecular weight is 698 g/mol. The highest BCUT2D eigenvalue weighted by Gasteiger charge is 2.54. The molecule has 11 nitrogen and oxygen atoms in total. The maximum absolute atomic E-state index is 17.1. The van der Waals surface area contributed by atoms with Crippen LogP contribution in [0.1, 0.15) is 18.4 Å². The van der Waals surface area contributed by atoms with Gasteiger partial charge in [0, 0.05) is 60.7 Å². The molecule has 2 N–H and O–H groups in total. The summed E-state index contributed by atoms with van der Waals surface area (Å²) in [6.07, 6.45) is 10.0. The maximum atomic E-state index is 17.1. The van der Waals surface area contributed by atoms with Crippen LogP contribution in [-0.4, -0.2) is 104 Å². The number of phenols is 1. The first-order valence-corrected chi connectivity index (χ1v) is 17.1. The molecule has 2 saturated heterocycles. The van der Waals surface area contributed by atoms with E-state index < -0.39 is 17.7 Å². The van der Waals surface area contributed by atoms with E-state index in [1.54, 1.807) is 0 Å². The molecular weight excluding hydrogens is 660 g/mol. The normalized spacial score (nSPS) is 21.5. The summed E-state index contributed by atoms with van der Waals surface area (Å²) >= 11 is 0. The predicted molar refractivity (Wildman–Crippen MR) is 186 cm³/mol. The number of nitrogens with one attached hydrogen (secondary N) is 1. The van der Waals surface area contributed by atoms with E-state index in [9.17, 15) is 14.3 Å². The second-order valence-corrected chi connectivity index (χ2v) is 13.5. The number of halogens is 2. The molecule has 1 saturated carbocycles. The Morgan fingerprint density at radius 3 is 2.73 bits per heavy atom. The fraction of sp³-hybridized carbons (Fsp3) is 0.395. The van der Waals surface area contributed by atoms with E-state index in [4.69, 9.17) is 30.4 Å². The lowest BCUT2D eigenvalue weighted by atomic mass is 9.95. The lowest BCUT2D eigenvalue weighted by Gasteiger charge is -2.38. The molecule has 4 aromatic rings. The lowest BCUT2D eigenvalue weighted by Crippen LogP contribution is -2.47. The third-order valence-electron chi connectivity index (χ3n) is 10.3. The van der Waals surface area contributed by atoms with Gasteiger partial charge in [0.25, 0.3) is 5.88 Å². The first-order chi connectivity index (χ1) is 24.8. The Hall–Kier alpha value is -5.03. The summed E-state index contributed by atoms with van der Waals surface area (Å²) in [6.45, 7) is 9.02. The molecule has 0 spiro atoms. The molecule has 51 heavy (non-hydrogen) atoms. The molecule has 13 heteroatoms. The number of aromatic nitrogens is 2. The molecule has 4 aliphatic rings. The summed E-state index contributed by atoms with van der Waals surface area (Å²) in [6, 6.07) is 5.02. The molecule has 1 amide bonds. The van der Waals surface area contributed by atoms with Crippen molar-refractivity contribution in [3.05, 3.63) is 60.3 Å². The summed E-state index contributed by atoms with van der Waals surface area (Å²) in [5, 5.41) is 14.5. The number of fused-ring (bicyclic) bond motifs is 3. The topological polar surface area (TPSA) is 119 Å². The van der Waals surface area contributed by atoms with E-state index in [0.29, 0.717) is 55.1 Å². The fourth-order valence-corrected chi connectivity index (χ4v) is 7.54. The molecule has 8 rings (SSSR count). The molecule has 3 aliphatic heterocycles. The van der Waals surface area contributed by atoms with Gasteiger partial charge < -0.3 is 34.3 Å². The van der Waals surface area contributed by atoms with Gasteiger partial charge in [-0.2, -0.15) is 0 Å². The van der Waals surface area contributed by atoms with Crippen LogP contribution in [-0.2, 0) is 14.3 Å². The van der Waals surface area contributed by atoms with Gasteiger partial charge in [0.1, 0.15) is 35.5 Å². The van der Waals surface area contributed by atoms with E-state index in [1.165, 1.54) is 36.5 Å². The quantitative estimate of drug-likeness (QED) is 0.215. The highest BCUT2D eigenvalue weighted by molar-refractivity contribution is 6.04. The van der Waals surface area contributed by atoms with E-state index >= 15 is 4.39 Å². The Kier molecular flexibility index (Phi) is 8.62. The van der Waals surface area contributed by atoms with Crippen molar-refractivity contribution in [3.8, 4) is 41.0 Å². The van der Waals surface area contributed by atoms with Crippen LogP contribution >= 0.6 is 0 Å². The van der Waals surface area contributed by atoms with Crippen LogP contribution in [0.3, 0.4) is 0 Å². The predicted octanol–water partition coefficient (Wildman–Crippen LogP) is 4.17. The van der Waals surface area contributed by atoms with Crippen molar-refractivity contribution >= 4 is 33.3 Å². The van der Waals surface area contributed by atoms with Crippen molar-refractivity contribution < 1.29 is 37.6 Å². The van der Waals surface area contributed by atoms with Gasteiger partial charge >= 0.3 is 0 Å². The molecule has 0 bridgehead atoms. The number of benzene rings is 2.